The summed E-state index contributed by atoms with van der Waals surface area (Å²) < 4.78 is 13.4. The molecule has 1 unspecified atom stereocenters. The second-order valence-electron chi connectivity index (χ2n) is 3.58. The van der Waals surface area contributed by atoms with E-state index in [9.17, 15) is 14.0 Å². The van der Waals surface area contributed by atoms with Gasteiger partial charge in [0.2, 0.25) is 5.91 Å². The van der Waals surface area contributed by atoms with Crippen molar-refractivity contribution >= 4 is 11.8 Å². The molecule has 2 amide bonds. The number of carbonyl (C=O) groups is 2. The van der Waals surface area contributed by atoms with E-state index < -0.39 is 23.7 Å². The molecule has 0 aromatic heterocycles. The molecule has 0 saturated heterocycles. The van der Waals surface area contributed by atoms with Crippen molar-refractivity contribution < 1.29 is 14.0 Å². The smallest absolute Gasteiger partial charge is 0.254 e. The maximum atomic E-state index is 13.4. The Kier molecular flexibility index (Phi) is 3.60. The van der Waals surface area contributed by atoms with Crippen LogP contribution in [-0.4, -0.2) is 17.9 Å². The predicted molar refractivity (Wildman–Crippen MR) is 57.3 cm³/mol. The van der Waals surface area contributed by atoms with E-state index in [0.717, 1.165) is 5.56 Å². The lowest BCUT2D eigenvalue weighted by Gasteiger charge is -2.10. The van der Waals surface area contributed by atoms with Gasteiger partial charge >= 0.3 is 0 Å². The molecule has 0 bridgehead atoms. The lowest BCUT2D eigenvalue weighted by molar-refractivity contribution is -0.119. The molecule has 1 aromatic carbocycles. The summed E-state index contributed by atoms with van der Waals surface area (Å²) in [6.45, 7) is 3.16. The van der Waals surface area contributed by atoms with E-state index in [4.69, 9.17) is 5.73 Å². The number of rotatable bonds is 3. The van der Waals surface area contributed by atoms with Crippen molar-refractivity contribution in [1.29, 1.82) is 0 Å². The zero-order valence-electron chi connectivity index (χ0n) is 9.08. The van der Waals surface area contributed by atoms with Gasteiger partial charge in [0.05, 0.1) is 5.56 Å². The van der Waals surface area contributed by atoms with Crippen molar-refractivity contribution in [3.05, 3.63) is 35.1 Å². The Balaban J connectivity index is 2.85. The summed E-state index contributed by atoms with van der Waals surface area (Å²) in [5, 5.41) is 2.30. The first-order valence-corrected chi connectivity index (χ1v) is 4.78. The van der Waals surface area contributed by atoms with E-state index in [0.29, 0.717) is 0 Å². The lowest BCUT2D eigenvalue weighted by atomic mass is 10.1. The lowest BCUT2D eigenvalue weighted by Crippen LogP contribution is -2.42. The third-order valence-corrected chi connectivity index (χ3v) is 2.14. The molecule has 1 rings (SSSR count). The maximum absolute atomic E-state index is 13.4. The fourth-order valence-corrected chi connectivity index (χ4v) is 1.15. The van der Waals surface area contributed by atoms with Crippen LogP contribution < -0.4 is 11.1 Å². The molecule has 16 heavy (non-hydrogen) atoms. The summed E-state index contributed by atoms with van der Waals surface area (Å²) in [5.41, 5.74) is 5.60. The Morgan fingerprint density at radius 3 is 2.56 bits per heavy atom. The van der Waals surface area contributed by atoms with Gasteiger partial charge < -0.3 is 11.1 Å². The zero-order valence-corrected chi connectivity index (χ0v) is 9.08. The van der Waals surface area contributed by atoms with Crippen molar-refractivity contribution in [3.8, 4) is 0 Å². The summed E-state index contributed by atoms with van der Waals surface area (Å²) in [6, 6.07) is 3.41. The van der Waals surface area contributed by atoms with E-state index in [-0.39, 0.29) is 5.56 Å². The number of benzene rings is 1. The fourth-order valence-electron chi connectivity index (χ4n) is 1.15. The summed E-state index contributed by atoms with van der Waals surface area (Å²) in [5.74, 6) is -1.93. The highest BCUT2D eigenvalue weighted by Crippen LogP contribution is 2.09. The van der Waals surface area contributed by atoms with E-state index in [2.05, 4.69) is 5.32 Å². The van der Waals surface area contributed by atoms with Gasteiger partial charge in [-0.2, -0.15) is 0 Å². The average Bonchev–Trinajstić information content (AvgIpc) is 2.16. The molecule has 3 N–H and O–H groups in total. The Morgan fingerprint density at radius 2 is 2.06 bits per heavy atom. The van der Waals surface area contributed by atoms with Crippen LogP contribution in [0.15, 0.2) is 18.2 Å². The van der Waals surface area contributed by atoms with Crippen molar-refractivity contribution in [2.45, 2.75) is 19.9 Å². The average molecular weight is 224 g/mol. The van der Waals surface area contributed by atoms with Gasteiger partial charge in [0.1, 0.15) is 11.9 Å². The van der Waals surface area contributed by atoms with Crippen molar-refractivity contribution in [1.82, 2.24) is 5.32 Å². The molecule has 0 fully saturated rings. The minimum Gasteiger partial charge on any atom is -0.368 e. The molecule has 0 aliphatic heterocycles. The number of carbonyl (C=O) groups excluding carboxylic acids is 2. The summed E-state index contributed by atoms with van der Waals surface area (Å²) in [6.07, 6.45) is 0. The SMILES string of the molecule is Cc1ccc(C(=O)NC(C)C(N)=O)c(F)c1. The quantitative estimate of drug-likeness (QED) is 0.794. The van der Waals surface area contributed by atoms with E-state index in [1.807, 2.05) is 0 Å². The zero-order chi connectivity index (χ0) is 12.3. The van der Waals surface area contributed by atoms with Crippen molar-refractivity contribution in [2.24, 2.45) is 5.73 Å². The number of hydrogen-bond donors (Lipinski definition) is 2. The molecule has 0 aliphatic carbocycles. The van der Waals surface area contributed by atoms with Crippen LogP contribution in [0.4, 0.5) is 4.39 Å². The molecule has 1 atom stereocenters. The molecular formula is C11H13FN2O2. The summed E-state index contributed by atoms with van der Waals surface area (Å²) in [4.78, 5) is 22.3. The van der Waals surface area contributed by atoms with Crippen LogP contribution >= 0.6 is 0 Å². The topological polar surface area (TPSA) is 72.2 Å². The number of amides is 2. The van der Waals surface area contributed by atoms with Crippen molar-refractivity contribution in [2.75, 3.05) is 0 Å². The first kappa shape index (κ1) is 12.2. The highest BCUT2D eigenvalue weighted by Gasteiger charge is 2.16. The summed E-state index contributed by atoms with van der Waals surface area (Å²) >= 11 is 0. The molecule has 1 aromatic rings. The highest BCUT2D eigenvalue weighted by molar-refractivity contribution is 5.97. The first-order valence-electron chi connectivity index (χ1n) is 4.78. The second-order valence-corrected chi connectivity index (χ2v) is 3.58. The minimum absolute atomic E-state index is 0.0984. The van der Waals surface area contributed by atoms with Crippen LogP contribution in [0.5, 0.6) is 0 Å². The van der Waals surface area contributed by atoms with Gasteiger partial charge in [-0.3, -0.25) is 9.59 Å². The molecule has 4 nitrogen and oxygen atoms in total. The normalized spacial score (nSPS) is 11.9. The number of nitrogens with two attached hydrogens (primary N) is 1. The Morgan fingerprint density at radius 1 is 1.44 bits per heavy atom. The third kappa shape index (κ3) is 2.79. The van der Waals surface area contributed by atoms with Crippen LogP contribution in [0, 0.1) is 12.7 Å². The number of halogens is 1. The molecule has 0 aliphatic rings. The Hall–Kier alpha value is -1.91. The number of primary amides is 1. The minimum atomic E-state index is -0.826. The van der Waals surface area contributed by atoms with Gasteiger partial charge in [-0.05, 0) is 31.5 Å². The van der Waals surface area contributed by atoms with Crippen LogP contribution in [0.2, 0.25) is 0 Å². The highest BCUT2D eigenvalue weighted by atomic mass is 19.1. The Bertz CT molecular complexity index is 432. The van der Waals surface area contributed by atoms with Gasteiger partial charge in [-0.15, -0.1) is 0 Å². The van der Waals surface area contributed by atoms with Gasteiger partial charge in [-0.25, -0.2) is 4.39 Å². The first-order chi connectivity index (χ1) is 7.41. The standard InChI is InChI=1S/C11H13FN2O2/c1-6-3-4-8(9(12)5-6)11(16)14-7(2)10(13)15/h3-5,7H,1-2H3,(H2,13,15)(H,14,16). The van der Waals surface area contributed by atoms with E-state index in [1.165, 1.54) is 19.1 Å². The van der Waals surface area contributed by atoms with Crippen LogP contribution in [-0.2, 0) is 4.79 Å². The largest absolute Gasteiger partial charge is 0.368 e. The van der Waals surface area contributed by atoms with Crippen LogP contribution in [0.1, 0.15) is 22.8 Å². The van der Waals surface area contributed by atoms with Gasteiger partial charge in [-0.1, -0.05) is 6.07 Å². The van der Waals surface area contributed by atoms with E-state index in [1.54, 1.807) is 13.0 Å². The van der Waals surface area contributed by atoms with Crippen LogP contribution in [0.25, 0.3) is 0 Å². The van der Waals surface area contributed by atoms with Gasteiger partial charge in [0.15, 0.2) is 0 Å². The van der Waals surface area contributed by atoms with E-state index >= 15 is 0 Å². The van der Waals surface area contributed by atoms with Gasteiger partial charge in [0.25, 0.3) is 5.91 Å². The van der Waals surface area contributed by atoms with Gasteiger partial charge in [0, 0.05) is 0 Å². The second kappa shape index (κ2) is 4.74. The molecule has 0 heterocycles. The van der Waals surface area contributed by atoms with Crippen LogP contribution in [0.3, 0.4) is 0 Å². The molecule has 5 heteroatoms. The monoisotopic (exact) mass is 224 g/mol. The number of hydrogen-bond acceptors (Lipinski definition) is 2. The number of aryl methyl sites for hydroxylation is 1. The maximum Gasteiger partial charge on any atom is 0.254 e. The Labute approximate surface area is 92.6 Å². The molecular weight excluding hydrogens is 211 g/mol. The molecule has 86 valence electrons. The molecule has 0 radical (unpaired) electrons. The van der Waals surface area contributed by atoms with Crippen molar-refractivity contribution in [3.63, 3.8) is 0 Å². The summed E-state index contributed by atoms with van der Waals surface area (Å²) in [7, 11) is 0. The predicted octanol–water partition coefficient (Wildman–Crippen LogP) is 0.738. The number of nitrogens with one attached hydrogen (secondary N) is 1. The molecule has 0 saturated carbocycles. The third-order valence-electron chi connectivity index (χ3n) is 2.14. The molecule has 0 spiro atoms. The fraction of sp³-hybridized carbons (Fsp3) is 0.273.